The highest BCUT2D eigenvalue weighted by Crippen LogP contribution is 2.29. The predicted octanol–water partition coefficient (Wildman–Crippen LogP) is 2.35. The molecule has 1 aromatic carbocycles. The molecule has 2 N–H and O–H groups in total. The minimum absolute atomic E-state index is 0.369. The van der Waals surface area contributed by atoms with E-state index in [1.165, 1.54) is 0 Å². The molecule has 1 heterocycles. The Balaban J connectivity index is 2.60. The summed E-state index contributed by atoms with van der Waals surface area (Å²) < 4.78 is 2.80. The first kappa shape index (κ1) is 12.0. The molecule has 0 aliphatic heterocycles. The lowest BCUT2D eigenvalue weighted by atomic mass is 10.1. The number of rotatable bonds is 4. The van der Waals surface area contributed by atoms with Crippen molar-refractivity contribution in [3.05, 3.63) is 47.1 Å². The summed E-state index contributed by atoms with van der Waals surface area (Å²) in [6.07, 6.45) is 1.79. The van der Waals surface area contributed by atoms with E-state index in [1.807, 2.05) is 24.3 Å². The zero-order valence-corrected chi connectivity index (χ0v) is 10.9. The van der Waals surface area contributed by atoms with Gasteiger partial charge >= 0.3 is 0 Å². The molecule has 0 fully saturated rings. The van der Waals surface area contributed by atoms with Gasteiger partial charge in [0.2, 0.25) is 0 Å². The van der Waals surface area contributed by atoms with Gasteiger partial charge in [0.15, 0.2) is 0 Å². The number of hydrogen-bond donors (Lipinski definition) is 1. The van der Waals surface area contributed by atoms with Crippen molar-refractivity contribution in [3.8, 4) is 11.3 Å². The van der Waals surface area contributed by atoms with Crippen molar-refractivity contribution in [2.45, 2.75) is 13.1 Å². The third-order valence-corrected chi connectivity index (χ3v) is 3.12. The Morgan fingerprint density at radius 1 is 1.41 bits per heavy atom. The Morgan fingerprint density at radius 2 is 2.18 bits per heavy atom. The minimum Gasteiger partial charge on any atom is -0.325 e. The molecule has 4 nitrogen and oxygen atoms in total. The maximum atomic E-state index is 5.69. The Hall–Kier alpha value is -1.46. The fraction of sp³-hybridized carbons (Fsp3) is 0.167. The van der Waals surface area contributed by atoms with E-state index in [9.17, 15) is 0 Å². The maximum absolute atomic E-state index is 5.69. The van der Waals surface area contributed by atoms with E-state index in [4.69, 9.17) is 5.73 Å². The van der Waals surface area contributed by atoms with E-state index < -0.39 is 0 Å². The Kier molecular flexibility index (Phi) is 3.71. The Morgan fingerprint density at radius 3 is 2.82 bits per heavy atom. The molecule has 0 spiro atoms. The van der Waals surface area contributed by atoms with Crippen molar-refractivity contribution >= 4 is 15.9 Å². The monoisotopic (exact) mass is 292 g/mol. The molecule has 1 aromatic heterocycles. The molecule has 0 aliphatic carbocycles. The maximum Gasteiger partial charge on any atom is 0.104 e. The highest BCUT2D eigenvalue weighted by molar-refractivity contribution is 9.10. The summed E-state index contributed by atoms with van der Waals surface area (Å²) in [5.41, 5.74) is 8.47. The van der Waals surface area contributed by atoms with Gasteiger partial charge in [0, 0.05) is 16.6 Å². The lowest BCUT2D eigenvalue weighted by molar-refractivity contribution is 0.667. The van der Waals surface area contributed by atoms with Gasteiger partial charge in [0.25, 0.3) is 0 Å². The summed E-state index contributed by atoms with van der Waals surface area (Å²) in [7, 11) is 0. The standard InChI is InChI=1S/C12H13BrN4/c1-2-7-17-12(11(8-14)15-16-17)9-5-3-4-6-10(9)13/h2-6H,1,7-8,14H2. The lowest BCUT2D eigenvalue weighted by Crippen LogP contribution is -2.03. The van der Waals surface area contributed by atoms with Crippen LogP contribution in [0, 0.1) is 0 Å². The lowest BCUT2D eigenvalue weighted by Gasteiger charge is -2.07. The van der Waals surface area contributed by atoms with Crippen LogP contribution in [0.25, 0.3) is 11.3 Å². The number of benzene rings is 1. The second-order valence-corrected chi connectivity index (χ2v) is 4.39. The molecule has 2 rings (SSSR count). The quantitative estimate of drug-likeness (QED) is 0.880. The first-order valence-corrected chi connectivity index (χ1v) is 6.05. The minimum atomic E-state index is 0.369. The van der Waals surface area contributed by atoms with E-state index in [2.05, 4.69) is 32.8 Å². The Bertz CT molecular complexity index is 533. The number of allylic oxidation sites excluding steroid dienone is 1. The smallest absolute Gasteiger partial charge is 0.104 e. The van der Waals surface area contributed by atoms with Gasteiger partial charge in [-0.1, -0.05) is 45.4 Å². The van der Waals surface area contributed by atoms with Crippen LogP contribution in [-0.2, 0) is 13.1 Å². The Labute approximate surface area is 108 Å². The van der Waals surface area contributed by atoms with Gasteiger partial charge in [-0.25, -0.2) is 4.68 Å². The van der Waals surface area contributed by atoms with Crippen molar-refractivity contribution in [1.29, 1.82) is 0 Å². The van der Waals surface area contributed by atoms with Crippen LogP contribution in [-0.4, -0.2) is 15.0 Å². The van der Waals surface area contributed by atoms with Crippen molar-refractivity contribution in [2.24, 2.45) is 5.73 Å². The summed E-state index contributed by atoms with van der Waals surface area (Å²) in [5.74, 6) is 0. The van der Waals surface area contributed by atoms with Crippen molar-refractivity contribution in [1.82, 2.24) is 15.0 Å². The first-order valence-electron chi connectivity index (χ1n) is 5.26. The molecule has 0 amide bonds. The SMILES string of the molecule is C=CCn1nnc(CN)c1-c1ccccc1Br. The normalized spacial score (nSPS) is 10.5. The van der Waals surface area contributed by atoms with E-state index in [-0.39, 0.29) is 0 Å². The van der Waals surface area contributed by atoms with Gasteiger partial charge in [-0.3, -0.25) is 0 Å². The zero-order chi connectivity index (χ0) is 12.3. The van der Waals surface area contributed by atoms with Gasteiger partial charge in [0.1, 0.15) is 5.69 Å². The van der Waals surface area contributed by atoms with Gasteiger partial charge in [-0.2, -0.15) is 0 Å². The molecule has 17 heavy (non-hydrogen) atoms. The van der Waals surface area contributed by atoms with E-state index in [1.54, 1.807) is 10.8 Å². The molecule has 0 saturated heterocycles. The zero-order valence-electron chi connectivity index (χ0n) is 9.31. The fourth-order valence-electron chi connectivity index (χ4n) is 1.68. The molecule has 0 radical (unpaired) electrons. The molecule has 0 atom stereocenters. The van der Waals surface area contributed by atoms with Crippen molar-refractivity contribution in [2.75, 3.05) is 0 Å². The highest BCUT2D eigenvalue weighted by atomic mass is 79.9. The summed E-state index contributed by atoms with van der Waals surface area (Å²) in [4.78, 5) is 0. The number of hydrogen-bond acceptors (Lipinski definition) is 3. The summed E-state index contributed by atoms with van der Waals surface area (Å²) in [6.45, 7) is 4.70. The number of halogens is 1. The fourth-order valence-corrected chi connectivity index (χ4v) is 2.16. The summed E-state index contributed by atoms with van der Waals surface area (Å²) >= 11 is 3.53. The second-order valence-electron chi connectivity index (χ2n) is 3.54. The van der Waals surface area contributed by atoms with Gasteiger partial charge in [-0.15, -0.1) is 11.7 Å². The van der Waals surface area contributed by atoms with Gasteiger partial charge in [-0.05, 0) is 6.07 Å². The van der Waals surface area contributed by atoms with Crippen LogP contribution < -0.4 is 5.73 Å². The van der Waals surface area contributed by atoms with Crippen LogP contribution in [0.2, 0.25) is 0 Å². The molecule has 0 saturated carbocycles. The third kappa shape index (κ3) is 2.30. The van der Waals surface area contributed by atoms with Crippen LogP contribution >= 0.6 is 15.9 Å². The summed E-state index contributed by atoms with van der Waals surface area (Å²) in [5, 5.41) is 8.18. The molecule has 0 bridgehead atoms. The average Bonchev–Trinajstić information content (AvgIpc) is 2.73. The van der Waals surface area contributed by atoms with E-state index in [0.717, 1.165) is 21.4 Å². The first-order chi connectivity index (χ1) is 8.27. The predicted molar refractivity (Wildman–Crippen MR) is 71.2 cm³/mol. The third-order valence-electron chi connectivity index (χ3n) is 2.43. The molecule has 88 valence electrons. The highest BCUT2D eigenvalue weighted by Gasteiger charge is 2.14. The van der Waals surface area contributed by atoms with Crippen molar-refractivity contribution in [3.63, 3.8) is 0 Å². The van der Waals surface area contributed by atoms with Crippen LogP contribution in [0.4, 0.5) is 0 Å². The van der Waals surface area contributed by atoms with Crippen LogP contribution in [0.5, 0.6) is 0 Å². The molecular formula is C12H13BrN4. The van der Waals surface area contributed by atoms with Gasteiger partial charge in [0.05, 0.1) is 12.2 Å². The molecule has 2 aromatic rings. The van der Waals surface area contributed by atoms with E-state index >= 15 is 0 Å². The number of nitrogens with zero attached hydrogens (tertiary/aromatic N) is 3. The second kappa shape index (κ2) is 5.25. The van der Waals surface area contributed by atoms with Crippen molar-refractivity contribution < 1.29 is 0 Å². The summed E-state index contributed by atoms with van der Waals surface area (Å²) in [6, 6.07) is 7.95. The van der Waals surface area contributed by atoms with Crippen LogP contribution in [0.3, 0.4) is 0 Å². The topological polar surface area (TPSA) is 56.7 Å². The van der Waals surface area contributed by atoms with Crippen LogP contribution in [0.1, 0.15) is 5.69 Å². The average molecular weight is 293 g/mol. The molecular weight excluding hydrogens is 280 g/mol. The van der Waals surface area contributed by atoms with Gasteiger partial charge < -0.3 is 5.73 Å². The molecule has 5 heteroatoms. The number of aromatic nitrogens is 3. The van der Waals surface area contributed by atoms with E-state index in [0.29, 0.717) is 13.1 Å². The molecule has 0 unspecified atom stereocenters. The largest absolute Gasteiger partial charge is 0.325 e. The van der Waals surface area contributed by atoms with Crippen LogP contribution in [0.15, 0.2) is 41.4 Å². The number of nitrogens with two attached hydrogens (primary N) is 1. The molecule has 0 aliphatic rings.